The van der Waals surface area contributed by atoms with Crippen LogP contribution in [0, 0.1) is 25.6 Å². The van der Waals surface area contributed by atoms with E-state index < -0.39 is 10.0 Å². The highest BCUT2D eigenvalue weighted by molar-refractivity contribution is 7.89. The smallest absolute Gasteiger partial charge is 0.236 e. The van der Waals surface area contributed by atoms with Gasteiger partial charge in [0.15, 0.2) is 0 Å². The van der Waals surface area contributed by atoms with Gasteiger partial charge in [-0.3, -0.25) is 0 Å². The zero-order chi connectivity index (χ0) is 18.2. The molecular weight excluding hydrogens is 341 g/mol. The van der Waals surface area contributed by atoms with Gasteiger partial charge in [-0.25, -0.2) is 22.2 Å². The molecule has 0 amide bonds. The van der Waals surface area contributed by atoms with Gasteiger partial charge in [-0.2, -0.15) is 5.10 Å². The molecule has 0 bridgehead atoms. The quantitative estimate of drug-likeness (QED) is 0.902. The summed E-state index contributed by atoms with van der Waals surface area (Å²) in [5.41, 5.74) is 1.61. The molecule has 1 aromatic heterocycles. The molecule has 0 atom stereocenters. The fourth-order valence-corrected chi connectivity index (χ4v) is 5.20. The Morgan fingerprint density at radius 2 is 1.72 bits per heavy atom. The van der Waals surface area contributed by atoms with Gasteiger partial charge in [-0.15, -0.1) is 0 Å². The number of aryl methyl sites for hydroxylation is 1. The minimum absolute atomic E-state index is 0.0193. The lowest BCUT2D eigenvalue weighted by molar-refractivity contribution is 0.332. The maximum atomic E-state index is 13.1. The first kappa shape index (κ1) is 18.1. The number of aromatic nitrogens is 2. The molecule has 1 aliphatic rings. The van der Waals surface area contributed by atoms with E-state index in [9.17, 15) is 12.8 Å². The van der Waals surface area contributed by atoms with Crippen LogP contribution in [0.15, 0.2) is 29.2 Å². The Bertz CT molecular complexity index is 851. The highest BCUT2D eigenvalue weighted by atomic mass is 32.2. The molecule has 1 aliphatic carbocycles. The number of benzene rings is 1. The summed E-state index contributed by atoms with van der Waals surface area (Å²) in [6.45, 7) is 5.61. The van der Waals surface area contributed by atoms with Crippen molar-refractivity contribution < 1.29 is 12.8 Å². The van der Waals surface area contributed by atoms with Crippen LogP contribution in [0.5, 0.6) is 0 Å². The molecule has 136 valence electrons. The van der Waals surface area contributed by atoms with Crippen molar-refractivity contribution in [3.05, 3.63) is 41.5 Å². The predicted molar refractivity (Wildman–Crippen MR) is 94.7 cm³/mol. The standard InChI is InChI=1S/C18H24FN3O2S/c1-12-4-8-16(9-5-12)21-25(23,24)18-13(2)20-22(14(18)3)17-10-6-15(19)7-11-17/h6-7,10-12,16,21H,4-5,8-9H2,1-3H3. The Kier molecular flexibility index (Phi) is 4.97. The molecule has 0 spiro atoms. The third-order valence-electron chi connectivity index (χ3n) is 4.90. The Labute approximate surface area is 148 Å². The van der Waals surface area contributed by atoms with Crippen molar-refractivity contribution in [3.63, 3.8) is 0 Å². The van der Waals surface area contributed by atoms with E-state index in [4.69, 9.17) is 0 Å². The molecule has 5 nitrogen and oxygen atoms in total. The van der Waals surface area contributed by atoms with Crippen molar-refractivity contribution in [2.45, 2.75) is 57.4 Å². The van der Waals surface area contributed by atoms with Crippen molar-refractivity contribution in [3.8, 4) is 5.69 Å². The normalized spacial score (nSPS) is 21.4. The first-order chi connectivity index (χ1) is 11.8. The topological polar surface area (TPSA) is 64.0 Å². The lowest BCUT2D eigenvalue weighted by atomic mass is 9.88. The second kappa shape index (κ2) is 6.88. The Balaban J connectivity index is 1.90. The van der Waals surface area contributed by atoms with Crippen LogP contribution in [0.25, 0.3) is 5.69 Å². The maximum Gasteiger partial charge on any atom is 0.244 e. The second-order valence-electron chi connectivity index (χ2n) is 6.97. The van der Waals surface area contributed by atoms with Crippen LogP contribution in [0.4, 0.5) is 4.39 Å². The number of halogens is 1. The van der Waals surface area contributed by atoms with Crippen molar-refractivity contribution in [2.75, 3.05) is 0 Å². The third kappa shape index (κ3) is 3.77. The zero-order valence-electron chi connectivity index (χ0n) is 14.8. The van der Waals surface area contributed by atoms with Crippen LogP contribution < -0.4 is 4.72 Å². The summed E-state index contributed by atoms with van der Waals surface area (Å²) >= 11 is 0. The second-order valence-corrected chi connectivity index (χ2v) is 8.62. The number of hydrogen-bond donors (Lipinski definition) is 1. The van der Waals surface area contributed by atoms with E-state index in [1.807, 2.05) is 0 Å². The minimum Gasteiger partial charge on any atom is -0.236 e. The van der Waals surface area contributed by atoms with Gasteiger partial charge in [0.05, 0.1) is 17.1 Å². The van der Waals surface area contributed by atoms with E-state index in [-0.39, 0.29) is 16.8 Å². The number of hydrogen-bond acceptors (Lipinski definition) is 3. The highest BCUT2D eigenvalue weighted by Gasteiger charge is 2.29. The van der Waals surface area contributed by atoms with Crippen molar-refractivity contribution in [2.24, 2.45) is 5.92 Å². The predicted octanol–water partition coefficient (Wildman–Crippen LogP) is 3.49. The molecule has 0 radical (unpaired) electrons. The van der Waals surface area contributed by atoms with Crippen LogP contribution in [0.2, 0.25) is 0 Å². The summed E-state index contributed by atoms with van der Waals surface area (Å²) in [4.78, 5) is 0.218. The molecule has 1 N–H and O–H groups in total. The van der Waals surface area contributed by atoms with E-state index in [2.05, 4.69) is 16.7 Å². The summed E-state index contributed by atoms with van der Waals surface area (Å²) in [5.74, 6) is 0.316. The minimum atomic E-state index is -3.64. The largest absolute Gasteiger partial charge is 0.244 e. The van der Waals surface area contributed by atoms with E-state index in [0.29, 0.717) is 23.0 Å². The van der Waals surface area contributed by atoms with Crippen molar-refractivity contribution >= 4 is 10.0 Å². The Morgan fingerprint density at radius 3 is 2.32 bits per heavy atom. The van der Waals surface area contributed by atoms with Gasteiger partial charge >= 0.3 is 0 Å². The molecule has 3 rings (SSSR count). The summed E-state index contributed by atoms with van der Waals surface area (Å²) in [5, 5.41) is 4.36. The van der Waals surface area contributed by atoms with Crippen LogP contribution in [0.1, 0.15) is 44.0 Å². The molecule has 1 aromatic carbocycles. The molecule has 0 aliphatic heterocycles. The van der Waals surface area contributed by atoms with Gasteiger partial charge in [-0.1, -0.05) is 6.92 Å². The molecule has 25 heavy (non-hydrogen) atoms. The van der Waals surface area contributed by atoms with Gasteiger partial charge in [-0.05, 0) is 69.7 Å². The number of nitrogens with zero attached hydrogens (tertiary/aromatic N) is 2. The van der Waals surface area contributed by atoms with Crippen LogP contribution in [-0.4, -0.2) is 24.2 Å². The fraction of sp³-hybridized carbons (Fsp3) is 0.500. The zero-order valence-corrected chi connectivity index (χ0v) is 15.6. The molecule has 1 heterocycles. The van der Waals surface area contributed by atoms with Crippen LogP contribution in [-0.2, 0) is 10.0 Å². The monoisotopic (exact) mass is 365 g/mol. The molecule has 0 unspecified atom stereocenters. The molecular formula is C18H24FN3O2S. The van der Waals surface area contributed by atoms with Gasteiger partial charge in [0.2, 0.25) is 10.0 Å². The van der Waals surface area contributed by atoms with Crippen LogP contribution >= 0.6 is 0 Å². The molecule has 1 fully saturated rings. The summed E-state index contributed by atoms with van der Waals surface area (Å²) in [6.07, 6.45) is 3.81. The molecule has 7 heteroatoms. The molecule has 2 aromatic rings. The maximum absolute atomic E-state index is 13.1. The van der Waals surface area contributed by atoms with E-state index in [1.54, 1.807) is 30.7 Å². The number of rotatable bonds is 4. The first-order valence-electron chi connectivity index (χ1n) is 8.62. The third-order valence-corrected chi connectivity index (χ3v) is 6.67. The summed E-state index contributed by atoms with van der Waals surface area (Å²) < 4.78 is 43.3. The van der Waals surface area contributed by atoms with Gasteiger partial charge in [0.1, 0.15) is 10.7 Å². The SMILES string of the molecule is Cc1nn(-c2ccc(F)cc2)c(C)c1S(=O)(=O)NC1CCC(C)CC1. The Hall–Kier alpha value is -1.73. The van der Waals surface area contributed by atoms with E-state index in [1.165, 1.54) is 12.1 Å². The van der Waals surface area contributed by atoms with Gasteiger partial charge < -0.3 is 0 Å². The average molecular weight is 365 g/mol. The summed E-state index contributed by atoms with van der Waals surface area (Å²) in [6, 6.07) is 5.82. The van der Waals surface area contributed by atoms with Crippen molar-refractivity contribution in [1.29, 1.82) is 0 Å². The summed E-state index contributed by atoms with van der Waals surface area (Å²) in [7, 11) is -3.64. The fourth-order valence-electron chi connectivity index (χ4n) is 3.51. The van der Waals surface area contributed by atoms with Crippen LogP contribution in [0.3, 0.4) is 0 Å². The Morgan fingerprint density at radius 1 is 1.12 bits per heavy atom. The van der Waals surface area contributed by atoms with E-state index >= 15 is 0 Å². The lowest BCUT2D eigenvalue weighted by Gasteiger charge is -2.26. The van der Waals surface area contributed by atoms with E-state index in [0.717, 1.165) is 25.7 Å². The van der Waals surface area contributed by atoms with Gasteiger partial charge in [0.25, 0.3) is 0 Å². The lowest BCUT2D eigenvalue weighted by Crippen LogP contribution is -2.37. The molecule has 1 saturated carbocycles. The number of sulfonamides is 1. The average Bonchev–Trinajstić information content (AvgIpc) is 2.85. The first-order valence-corrected chi connectivity index (χ1v) is 10.1. The molecule has 0 saturated heterocycles. The van der Waals surface area contributed by atoms with Gasteiger partial charge in [0, 0.05) is 6.04 Å². The number of nitrogens with one attached hydrogen (secondary N) is 1. The van der Waals surface area contributed by atoms with Crippen molar-refractivity contribution in [1.82, 2.24) is 14.5 Å². The highest BCUT2D eigenvalue weighted by Crippen LogP contribution is 2.27.